The van der Waals surface area contributed by atoms with Gasteiger partial charge in [-0.05, 0) is 36.6 Å². The molecule has 10 heteroatoms. The van der Waals surface area contributed by atoms with E-state index in [9.17, 15) is 0 Å². The van der Waals surface area contributed by atoms with Crippen molar-refractivity contribution in [2.75, 3.05) is 26.5 Å². The van der Waals surface area contributed by atoms with Crippen molar-refractivity contribution in [1.82, 2.24) is 0 Å². The van der Waals surface area contributed by atoms with Crippen LogP contribution in [0.1, 0.15) is 20.8 Å². The highest BCUT2D eigenvalue weighted by atomic mass is 32.5. The van der Waals surface area contributed by atoms with Crippen LogP contribution in [0.5, 0.6) is 0 Å². The van der Waals surface area contributed by atoms with Gasteiger partial charge in [-0.3, -0.25) is 0 Å². The Kier molecular flexibility index (Phi) is 6.52. The summed E-state index contributed by atoms with van der Waals surface area (Å²) >= 11 is 5.33. The third kappa shape index (κ3) is 4.35. The summed E-state index contributed by atoms with van der Waals surface area (Å²) in [5.74, 6) is 0. The van der Waals surface area contributed by atoms with Crippen molar-refractivity contribution < 1.29 is 22.7 Å². The predicted molar refractivity (Wildman–Crippen MR) is 107 cm³/mol. The van der Waals surface area contributed by atoms with E-state index in [2.05, 4.69) is 33.9 Å². The van der Waals surface area contributed by atoms with Crippen LogP contribution in [0.3, 0.4) is 0 Å². The first kappa shape index (κ1) is 21.5. The molecule has 2 fully saturated rings. The van der Waals surface area contributed by atoms with Crippen molar-refractivity contribution in [1.29, 1.82) is 0 Å². The minimum Gasteiger partial charge on any atom is -0.409 e. The first-order chi connectivity index (χ1) is 10.8. The normalized spacial score (nSPS) is 41.5. The van der Waals surface area contributed by atoms with Crippen molar-refractivity contribution in [2.24, 2.45) is 0 Å². The van der Waals surface area contributed by atoms with Crippen LogP contribution in [0, 0.1) is 0 Å². The molecular weight excluding hydrogens is 381 g/mol. The molecule has 24 heavy (non-hydrogen) atoms. The lowest BCUT2D eigenvalue weighted by Crippen LogP contribution is -2.55. The molecule has 2 saturated heterocycles. The number of hydrogen-bond acceptors (Lipinski definition) is 6. The second kappa shape index (κ2) is 7.29. The fourth-order valence-electron chi connectivity index (χ4n) is 2.59. The molecule has 0 bridgehead atoms. The molecule has 2 rings (SSSR count). The molecule has 138 valence electrons. The molecule has 1 spiro atoms. The molecular formula is C14H29BO5P2SSi. The molecule has 2 unspecified atom stereocenters. The Bertz CT molecular complexity index is 504. The van der Waals surface area contributed by atoms with Crippen LogP contribution in [0.15, 0.2) is 0 Å². The van der Waals surface area contributed by atoms with Gasteiger partial charge in [-0.15, -0.1) is 0 Å². The van der Waals surface area contributed by atoms with Gasteiger partial charge in [-0.25, -0.2) is 0 Å². The van der Waals surface area contributed by atoms with Crippen LogP contribution in [0.2, 0.25) is 18.1 Å². The monoisotopic (exact) mass is 410 g/mol. The van der Waals surface area contributed by atoms with E-state index in [1.165, 1.54) is 0 Å². The zero-order valence-corrected chi connectivity index (χ0v) is 19.3. The third-order valence-electron chi connectivity index (χ3n) is 5.08. The molecule has 2 aliphatic rings. The van der Waals surface area contributed by atoms with Crippen LogP contribution in [0.25, 0.3) is 0 Å². The van der Waals surface area contributed by atoms with Crippen molar-refractivity contribution in [3.05, 3.63) is 0 Å². The van der Waals surface area contributed by atoms with Crippen molar-refractivity contribution >= 4 is 43.3 Å². The number of ether oxygens (including phenoxy) is 1. The third-order valence-corrected chi connectivity index (χ3v) is 11.9. The summed E-state index contributed by atoms with van der Waals surface area (Å²) in [6.45, 7) is 13.3. The maximum absolute atomic E-state index is 6.56. The lowest BCUT2D eigenvalue weighted by molar-refractivity contribution is -0.123. The molecule has 2 radical (unpaired) electrons. The lowest BCUT2D eigenvalue weighted by Gasteiger charge is -2.43. The smallest absolute Gasteiger partial charge is 0.192 e. The van der Waals surface area contributed by atoms with E-state index in [0.717, 1.165) is 0 Å². The maximum Gasteiger partial charge on any atom is 0.192 e. The summed E-state index contributed by atoms with van der Waals surface area (Å²) in [5.41, 5.74) is -0.742. The average Bonchev–Trinajstić information content (AvgIpc) is 2.67. The summed E-state index contributed by atoms with van der Waals surface area (Å²) in [7, 11) is 4.57. The minimum absolute atomic E-state index is 0.0752. The topological polar surface area (TPSA) is 46.2 Å². The fourth-order valence-corrected chi connectivity index (χ4v) is 5.78. The quantitative estimate of drug-likeness (QED) is 0.524. The summed E-state index contributed by atoms with van der Waals surface area (Å²) in [6.07, 6.45) is -0.654. The zero-order chi connectivity index (χ0) is 18.4. The van der Waals surface area contributed by atoms with Gasteiger partial charge in [0.05, 0.1) is 19.3 Å². The molecule has 4 atom stereocenters. The van der Waals surface area contributed by atoms with Gasteiger partial charge in [-0.2, -0.15) is 0 Å². The van der Waals surface area contributed by atoms with Crippen LogP contribution >= 0.6 is 15.3 Å². The van der Waals surface area contributed by atoms with E-state index in [4.69, 9.17) is 42.4 Å². The summed E-state index contributed by atoms with van der Waals surface area (Å²) < 4.78 is 30.3. The van der Waals surface area contributed by atoms with Crippen molar-refractivity contribution in [3.63, 3.8) is 0 Å². The highest BCUT2D eigenvalue weighted by molar-refractivity contribution is 8.09. The van der Waals surface area contributed by atoms with E-state index in [-0.39, 0.29) is 17.2 Å². The lowest BCUT2D eigenvalue weighted by atomic mass is 9.90. The second-order valence-corrected chi connectivity index (χ2v) is 17.5. The summed E-state index contributed by atoms with van der Waals surface area (Å²) in [4.78, 5) is 0. The highest BCUT2D eigenvalue weighted by Gasteiger charge is 2.59. The van der Waals surface area contributed by atoms with Crippen LogP contribution in [0.4, 0.5) is 0 Å². The largest absolute Gasteiger partial charge is 0.409 e. The average molecular weight is 410 g/mol. The van der Waals surface area contributed by atoms with Gasteiger partial charge in [0.2, 0.25) is 0 Å². The molecule has 5 nitrogen and oxygen atoms in total. The van der Waals surface area contributed by atoms with Crippen LogP contribution < -0.4 is 0 Å². The van der Waals surface area contributed by atoms with Gasteiger partial charge in [0.25, 0.3) is 0 Å². The Hall–Kier alpha value is 1.16. The molecule has 0 saturated carbocycles. The molecule has 0 aromatic heterocycles. The standard InChI is InChI=1S/C14H29BO5P2SSi/c1-13(2,3)24(6,7)20-10-11(19-21-4)14(18-12(10)15)8-16-22(5,23)17-9-14/h10-12,21H,8-9H2,1-7H3/t10?,11-,12-,14?,22?/m1/s1. The molecule has 2 heterocycles. The molecule has 2 aliphatic heterocycles. The second-order valence-electron chi connectivity index (χ2n) is 8.05. The Morgan fingerprint density at radius 2 is 1.83 bits per heavy atom. The first-order valence-electron chi connectivity index (χ1n) is 8.14. The SMILES string of the molecule is [B][C@@H]1OC2(COP(C)(=S)OC2)[C@H](OPC)C1O[Si](C)(C)C(C)(C)C. The van der Waals surface area contributed by atoms with E-state index >= 15 is 0 Å². The molecule has 0 N–H and O–H groups in total. The van der Waals surface area contributed by atoms with Gasteiger partial charge >= 0.3 is 0 Å². The van der Waals surface area contributed by atoms with E-state index in [1.807, 2.05) is 13.3 Å². The van der Waals surface area contributed by atoms with Crippen LogP contribution in [-0.4, -0.2) is 66.5 Å². The highest BCUT2D eigenvalue weighted by Crippen LogP contribution is 2.53. The Morgan fingerprint density at radius 1 is 1.29 bits per heavy atom. The van der Waals surface area contributed by atoms with Gasteiger partial charge in [0.15, 0.2) is 14.8 Å². The van der Waals surface area contributed by atoms with Crippen molar-refractivity contribution in [2.45, 2.75) is 62.7 Å². The van der Waals surface area contributed by atoms with Gasteiger partial charge < -0.3 is 22.7 Å². The Balaban J connectivity index is 2.24. The fraction of sp³-hybridized carbons (Fsp3) is 1.00. The molecule has 0 aromatic carbocycles. The Morgan fingerprint density at radius 3 is 2.29 bits per heavy atom. The van der Waals surface area contributed by atoms with E-state index in [1.54, 1.807) is 0 Å². The number of rotatable bonds is 4. The van der Waals surface area contributed by atoms with Gasteiger partial charge in [0, 0.05) is 21.5 Å². The first-order valence-corrected chi connectivity index (χ1v) is 15.5. The molecule has 0 aliphatic carbocycles. The summed E-state index contributed by atoms with van der Waals surface area (Å²) in [5, 5.41) is 0.0752. The minimum atomic E-state index is -2.19. The molecule has 0 amide bonds. The van der Waals surface area contributed by atoms with E-state index < -0.39 is 26.4 Å². The van der Waals surface area contributed by atoms with E-state index in [0.29, 0.717) is 22.0 Å². The van der Waals surface area contributed by atoms with Crippen LogP contribution in [-0.2, 0) is 34.5 Å². The van der Waals surface area contributed by atoms with Gasteiger partial charge in [0.1, 0.15) is 19.6 Å². The predicted octanol–water partition coefficient (Wildman–Crippen LogP) is 3.24. The molecule has 0 aromatic rings. The number of hydrogen-bond donors (Lipinski definition) is 0. The van der Waals surface area contributed by atoms with Gasteiger partial charge in [-0.1, -0.05) is 20.8 Å². The maximum atomic E-state index is 6.56. The van der Waals surface area contributed by atoms with Crippen molar-refractivity contribution in [3.8, 4) is 0 Å². The zero-order valence-electron chi connectivity index (χ0n) is 15.6. The Labute approximate surface area is 155 Å². The summed E-state index contributed by atoms with van der Waals surface area (Å²) in [6, 6.07) is -0.569.